The molecule has 0 atom stereocenters. The Morgan fingerprint density at radius 3 is 2.35 bits per heavy atom. The van der Waals surface area contributed by atoms with E-state index in [0.29, 0.717) is 23.9 Å². The van der Waals surface area contributed by atoms with E-state index in [1.54, 1.807) is 29.2 Å². The third-order valence-electron chi connectivity index (χ3n) is 2.28. The molecule has 0 bridgehead atoms. The second-order valence-electron chi connectivity index (χ2n) is 3.79. The molecule has 1 aromatic rings. The maximum atomic E-state index is 11.9. The van der Waals surface area contributed by atoms with Gasteiger partial charge in [0, 0.05) is 13.1 Å². The van der Waals surface area contributed by atoms with Crippen molar-refractivity contribution in [1.29, 1.82) is 0 Å². The average molecular weight is 256 g/mol. The third-order valence-corrected chi connectivity index (χ3v) is 2.59. The van der Waals surface area contributed by atoms with Crippen molar-refractivity contribution in [3.05, 3.63) is 29.3 Å². The van der Waals surface area contributed by atoms with Crippen molar-refractivity contribution in [3.8, 4) is 5.75 Å². The quantitative estimate of drug-likeness (QED) is 0.797. The first-order valence-electron chi connectivity index (χ1n) is 5.90. The molecular weight excluding hydrogens is 238 g/mol. The molecule has 0 aromatic heterocycles. The molecule has 94 valence electrons. The monoisotopic (exact) mass is 255 g/mol. The molecule has 17 heavy (non-hydrogen) atoms. The molecule has 0 aliphatic rings. The molecular formula is C13H18ClNO2. The molecule has 3 nitrogen and oxygen atoms in total. The van der Waals surface area contributed by atoms with Gasteiger partial charge in [0.1, 0.15) is 0 Å². The third kappa shape index (κ3) is 4.27. The fourth-order valence-corrected chi connectivity index (χ4v) is 1.69. The predicted molar refractivity (Wildman–Crippen MR) is 69.6 cm³/mol. The van der Waals surface area contributed by atoms with E-state index in [4.69, 9.17) is 16.3 Å². The number of nitrogens with zero attached hydrogens (tertiary/aromatic N) is 1. The molecule has 0 radical (unpaired) electrons. The first-order valence-corrected chi connectivity index (χ1v) is 6.28. The Morgan fingerprint density at radius 1 is 1.24 bits per heavy atom. The largest absolute Gasteiger partial charge is 0.415 e. The van der Waals surface area contributed by atoms with Gasteiger partial charge in [0.15, 0.2) is 5.75 Å². The highest BCUT2D eigenvalue weighted by Gasteiger charge is 2.15. The van der Waals surface area contributed by atoms with E-state index >= 15 is 0 Å². The van der Waals surface area contributed by atoms with E-state index in [1.165, 1.54) is 0 Å². The number of halogens is 1. The topological polar surface area (TPSA) is 29.5 Å². The molecule has 0 saturated carbocycles. The zero-order valence-corrected chi connectivity index (χ0v) is 11.0. The minimum atomic E-state index is -0.332. The predicted octanol–water partition coefficient (Wildman–Crippen LogP) is 3.96. The lowest BCUT2D eigenvalue weighted by molar-refractivity contribution is 0.152. The highest BCUT2D eigenvalue weighted by atomic mass is 35.5. The molecule has 0 aliphatic heterocycles. The number of carbonyl (C=O) groups excluding carboxylic acids is 1. The standard InChI is InChI=1S/C13H18ClNO2/c1-3-9-15(10-4-2)13(16)17-12-8-6-5-7-11(12)14/h5-8H,3-4,9-10H2,1-2H3. The Morgan fingerprint density at radius 2 is 1.82 bits per heavy atom. The number of rotatable bonds is 5. The van der Waals surface area contributed by atoms with Gasteiger partial charge < -0.3 is 9.64 Å². The number of carbonyl (C=O) groups is 1. The molecule has 0 unspecified atom stereocenters. The number of ether oxygens (including phenoxy) is 1. The molecule has 0 N–H and O–H groups in total. The molecule has 0 aliphatic carbocycles. The Hall–Kier alpha value is -1.22. The van der Waals surface area contributed by atoms with Crippen LogP contribution in [0.4, 0.5) is 4.79 Å². The van der Waals surface area contributed by atoms with Crippen LogP contribution in [0.1, 0.15) is 26.7 Å². The fraction of sp³-hybridized carbons (Fsp3) is 0.462. The summed E-state index contributed by atoms with van der Waals surface area (Å²) >= 11 is 5.93. The van der Waals surface area contributed by atoms with E-state index in [2.05, 4.69) is 0 Å². The van der Waals surface area contributed by atoms with Crippen molar-refractivity contribution in [2.75, 3.05) is 13.1 Å². The van der Waals surface area contributed by atoms with Gasteiger partial charge in [-0.1, -0.05) is 37.6 Å². The van der Waals surface area contributed by atoms with Crippen LogP contribution in [0.5, 0.6) is 5.75 Å². The number of hydrogen-bond acceptors (Lipinski definition) is 2. The van der Waals surface area contributed by atoms with E-state index in [-0.39, 0.29) is 6.09 Å². The second kappa shape index (κ2) is 7.17. The highest BCUT2D eigenvalue weighted by Crippen LogP contribution is 2.23. The fourth-order valence-electron chi connectivity index (χ4n) is 1.52. The summed E-state index contributed by atoms with van der Waals surface area (Å²) < 4.78 is 5.27. The minimum Gasteiger partial charge on any atom is -0.409 e. The van der Waals surface area contributed by atoms with Crippen molar-refractivity contribution in [1.82, 2.24) is 4.90 Å². The lowest BCUT2D eigenvalue weighted by Gasteiger charge is -2.20. The van der Waals surface area contributed by atoms with Crippen molar-refractivity contribution >= 4 is 17.7 Å². The Labute approximate surface area is 107 Å². The van der Waals surface area contributed by atoms with Gasteiger partial charge in [0.2, 0.25) is 0 Å². The van der Waals surface area contributed by atoms with Gasteiger partial charge in [-0.2, -0.15) is 0 Å². The van der Waals surface area contributed by atoms with Crippen molar-refractivity contribution < 1.29 is 9.53 Å². The van der Waals surface area contributed by atoms with Crippen LogP contribution in [0, 0.1) is 0 Å². The van der Waals surface area contributed by atoms with Crippen LogP contribution < -0.4 is 4.74 Å². The van der Waals surface area contributed by atoms with Crippen LogP contribution in [-0.2, 0) is 0 Å². The Bertz CT molecular complexity index is 362. The zero-order chi connectivity index (χ0) is 12.7. The number of benzene rings is 1. The normalized spacial score (nSPS) is 10.1. The van der Waals surface area contributed by atoms with E-state index in [0.717, 1.165) is 12.8 Å². The maximum Gasteiger partial charge on any atom is 0.415 e. The second-order valence-corrected chi connectivity index (χ2v) is 4.19. The lowest BCUT2D eigenvalue weighted by Crippen LogP contribution is -2.34. The summed E-state index contributed by atoms with van der Waals surface area (Å²) in [6.45, 7) is 5.48. The maximum absolute atomic E-state index is 11.9. The Balaban J connectivity index is 2.66. The van der Waals surface area contributed by atoms with E-state index < -0.39 is 0 Å². The van der Waals surface area contributed by atoms with Crippen LogP contribution in [0.15, 0.2) is 24.3 Å². The summed E-state index contributed by atoms with van der Waals surface area (Å²) in [6.07, 6.45) is 1.50. The van der Waals surface area contributed by atoms with E-state index in [9.17, 15) is 4.79 Å². The molecule has 1 rings (SSSR count). The zero-order valence-electron chi connectivity index (χ0n) is 10.3. The van der Waals surface area contributed by atoms with Gasteiger partial charge in [0.25, 0.3) is 0 Å². The minimum absolute atomic E-state index is 0.332. The number of amides is 1. The molecule has 1 amide bonds. The first kappa shape index (κ1) is 13.8. The lowest BCUT2D eigenvalue weighted by atomic mass is 10.3. The Kier molecular flexibility index (Phi) is 5.84. The van der Waals surface area contributed by atoms with Gasteiger partial charge in [-0.05, 0) is 25.0 Å². The van der Waals surface area contributed by atoms with Crippen molar-refractivity contribution in [2.24, 2.45) is 0 Å². The van der Waals surface area contributed by atoms with Gasteiger partial charge in [-0.25, -0.2) is 4.79 Å². The van der Waals surface area contributed by atoms with Gasteiger partial charge in [-0.3, -0.25) is 0 Å². The molecule has 0 saturated heterocycles. The van der Waals surface area contributed by atoms with Crippen LogP contribution in [0.25, 0.3) is 0 Å². The number of hydrogen-bond donors (Lipinski definition) is 0. The van der Waals surface area contributed by atoms with Crippen LogP contribution >= 0.6 is 11.6 Å². The van der Waals surface area contributed by atoms with Crippen molar-refractivity contribution in [3.63, 3.8) is 0 Å². The SMILES string of the molecule is CCCN(CCC)C(=O)Oc1ccccc1Cl. The first-order chi connectivity index (χ1) is 8.19. The van der Waals surface area contributed by atoms with Crippen LogP contribution in [-0.4, -0.2) is 24.1 Å². The van der Waals surface area contributed by atoms with Gasteiger partial charge in [-0.15, -0.1) is 0 Å². The summed E-state index contributed by atoms with van der Waals surface area (Å²) in [6, 6.07) is 6.98. The smallest absolute Gasteiger partial charge is 0.409 e. The summed E-state index contributed by atoms with van der Waals surface area (Å²) in [5, 5.41) is 0.453. The average Bonchev–Trinajstić information content (AvgIpc) is 2.32. The van der Waals surface area contributed by atoms with Gasteiger partial charge >= 0.3 is 6.09 Å². The van der Waals surface area contributed by atoms with Crippen LogP contribution in [0.2, 0.25) is 5.02 Å². The summed E-state index contributed by atoms with van der Waals surface area (Å²) in [5.41, 5.74) is 0. The summed E-state index contributed by atoms with van der Waals surface area (Å²) in [7, 11) is 0. The summed E-state index contributed by atoms with van der Waals surface area (Å²) in [5.74, 6) is 0.413. The summed E-state index contributed by atoms with van der Waals surface area (Å²) in [4.78, 5) is 13.6. The van der Waals surface area contributed by atoms with Gasteiger partial charge in [0.05, 0.1) is 5.02 Å². The molecule has 0 heterocycles. The molecule has 1 aromatic carbocycles. The number of para-hydroxylation sites is 1. The van der Waals surface area contributed by atoms with E-state index in [1.807, 2.05) is 13.8 Å². The highest BCUT2D eigenvalue weighted by molar-refractivity contribution is 6.32. The van der Waals surface area contributed by atoms with Crippen LogP contribution in [0.3, 0.4) is 0 Å². The molecule has 0 fully saturated rings. The van der Waals surface area contributed by atoms with Crippen molar-refractivity contribution in [2.45, 2.75) is 26.7 Å². The molecule has 4 heteroatoms. The molecule has 0 spiro atoms.